The highest BCUT2D eigenvalue weighted by atomic mass is 35.5. The molecule has 0 aliphatic carbocycles. The van der Waals surface area contributed by atoms with Crippen LogP contribution in [0.15, 0.2) is 108 Å². The highest BCUT2D eigenvalue weighted by molar-refractivity contribution is 7.92. The molecule has 0 radical (unpaired) electrons. The van der Waals surface area contributed by atoms with Gasteiger partial charge in [-0.3, -0.25) is 13.9 Å². The minimum absolute atomic E-state index is 0.00509. The maximum absolute atomic E-state index is 14.6. The standard InChI is InChI=1S/C35H37Cl2N3O5S/c1-25(2)22-38-35(42)32(21-26-12-6-4-7-13-26)39(23-27-14-10-15-28(20-27)45-3)33(41)24-40(31-19-11-18-30(36)34(31)37)46(43,44)29-16-8-5-9-17-29/h4-20,25,32H,21-24H2,1-3H3,(H,38,42). The summed E-state index contributed by atoms with van der Waals surface area (Å²) in [6.45, 7) is 3.71. The van der Waals surface area contributed by atoms with Gasteiger partial charge in [-0.25, -0.2) is 8.42 Å². The van der Waals surface area contributed by atoms with Crippen molar-refractivity contribution in [2.45, 2.75) is 37.8 Å². The van der Waals surface area contributed by atoms with Gasteiger partial charge in [-0.2, -0.15) is 0 Å². The van der Waals surface area contributed by atoms with E-state index in [0.717, 1.165) is 9.87 Å². The van der Waals surface area contributed by atoms with Crippen LogP contribution < -0.4 is 14.4 Å². The Bertz CT molecular complexity index is 1740. The lowest BCUT2D eigenvalue weighted by atomic mass is 10.0. The van der Waals surface area contributed by atoms with E-state index in [2.05, 4.69) is 5.32 Å². The first-order valence-corrected chi connectivity index (χ1v) is 17.0. The second-order valence-electron chi connectivity index (χ2n) is 11.1. The molecule has 1 N–H and O–H groups in total. The minimum atomic E-state index is -4.31. The van der Waals surface area contributed by atoms with E-state index in [1.54, 1.807) is 49.6 Å². The zero-order valence-electron chi connectivity index (χ0n) is 25.9. The van der Waals surface area contributed by atoms with Crippen LogP contribution in [0.2, 0.25) is 10.0 Å². The van der Waals surface area contributed by atoms with Crippen molar-refractivity contribution in [1.29, 1.82) is 0 Å². The number of sulfonamides is 1. The summed E-state index contributed by atoms with van der Waals surface area (Å²) >= 11 is 12.9. The number of amides is 2. The van der Waals surface area contributed by atoms with E-state index in [0.29, 0.717) is 17.9 Å². The molecule has 1 atom stereocenters. The molecule has 0 bridgehead atoms. The Kier molecular flexibility index (Phi) is 12.1. The van der Waals surface area contributed by atoms with Crippen LogP contribution in [0.1, 0.15) is 25.0 Å². The first-order chi connectivity index (χ1) is 22.0. The lowest BCUT2D eigenvalue weighted by Crippen LogP contribution is -2.53. The van der Waals surface area contributed by atoms with Gasteiger partial charge in [-0.05, 0) is 53.4 Å². The number of rotatable bonds is 14. The molecule has 4 aromatic carbocycles. The molecule has 11 heteroatoms. The molecule has 0 heterocycles. The third kappa shape index (κ3) is 8.81. The summed E-state index contributed by atoms with van der Waals surface area (Å²) < 4.78 is 34.6. The average molecular weight is 683 g/mol. The highest BCUT2D eigenvalue weighted by Crippen LogP contribution is 2.35. The van der Waals surface area contributed by atoms with Crippen LogP contribution in [-0.2, 0) is 32.6 Å². The molecule has 2 amide bonds. The predicted molar refractivity (Wildman–Crippen MR) is 183 cm³/mol. The molecule has 4 rings (SSSR count). The number of carbonyl (C=O) groups is 2. The maximum atomic E-state index is 14.6. The number of nitrogens with zero attached hydrogens (tertiary/aromatic N) is 2. The fourth-order valence-electron chi connectivity index (χ4n) is 4.86. The van der Waals surface area contributed by atoms with Gasteiger partial charge in [0.25, 0.3) is 10.0 Å². The van der Waals surface area contributed by atoms with Crippen molar-refractivity contribution in [2.75, 3.05) is 24.5 Å². The van der Waals surface area contributed by atoms with E-state index in [4.69, 9.17) is 27.9 Å². The van der Waals surface area contributed by atoms with Crippen LogP contribution in [0.25, 0.3) is 0 Å². The molecule has 46 heavy (non-hydrogen) atoms. The second-order valence-corrected chi connectivity index (χ2v) is 13.8. The topological polar surface area (TPSA) is 96.0 Å². The number of hydrogen-bond donors (Lipinski definition) is 1. The summed E-state index contributed by atoms with van der Waals surface area (Å²) in [5.41, 5.74) is 1.57. The lowest BCUT2D eigenvalue weighted by Gasteiger charge is -2.34. The van der Waals surface area contributed by atoms with Gasteiger partial charge in [0.1, 0.15) is 18.3 Å². The van der Waals surface area contributed by atoms with Gasteiger partial charge in [0.2, 0.25) is 11.8 Å². The van der Waals surface area contributed by atoms with Gasteiger partial charge >= 0.3 is 0 Å². The Morgan fingerprint density at radius 2 is 1.48 bits per heavy atom. The van der Waals surface area contributed by atoms with Crippen LogP contribution in [0.4, 0.5) is 5.69 Å². The monoisotopic (exact) mass is 681 g/mol. The van der Waals surface area contributed by atoms with Crippen molar-refractivity contribution in [3.8, 4) is 5.75 Å². The number of anilines is 1. The van der Waals surface area contributed by atoms with E-state index in [9.17, 15) is 18.0 Å². The molecule has 0 aliphatic rings. The Morgan fingerprint density at radius 3 is 2.13 bits per heavy atom. The normalized spacial score (nSPS) is 12.0. The zero-order chi connectivity index (χ0) is 33.3. The molecule has 0 fully saturated rings. The molecule has 1 unspecified atom stereocenters. The summed E-state index contributed by atoms with van der Waals surface area (Å²) in [6.07, 6.45) is 0.198. The predicted octanol–water partition coefficient (Wildman–Crippen LogP) is 6.61. The second kappa shape index (κ2) is 16.0. The van der Waals surface area contributed by atoms with Crippen molar-refractivity contribution >= 4 is 50.7 Å². The smallest absolute Gasteiger partial charge is 0.264 e. The van der Waals surface area contributed by atoms with Crippen molar-refractivity contribution in [3.05, 3.63) is 124 Å². The number of ether oxygens (including phenoxy) is 1. The minimum Gasteiger partial charge on any atom is -0.497 e. The van der Waals surface area contributed by atoms with E-state index in [1.807, 2.05) is 50.2 Å². The van der Waals surface area contributed by atoms with Crippen molar-refractivity contribution < 1.29 is 22.7 Å². The van der Waals surface area contributed by atoms with Crippen LogP contribution >= 0.6 is 23.2 Å². The average Bonchev–Trinajstić information content (AvgIpc) is 3.06. The molecule has 0 saturated carbocycles. The van der Waals surface area contributed by atoms with Gasteiger partial charge < -0.3 is 15.0 Å². The summed E-state index contributed by atoms with van der Waals surface area (Å²) in [5.74, 6) is -0.223. The van der Waals surface area contributed by atoms with Gasteiger partial charge in [0, 0.05) is 19.5 Å². The van der Waals surface area contributed by atoms with Gasteiger partial charge in [0.15, 0.2) is 0 Å². The van der Waals surface area contributed by atoms with Crippen LogP contribution in [0.5, 0.6) is 5.75 Å². The molecule has 8 nitrogen and oxygen atoms in total. The van der Waals surface area contributed by atoms with E-state index in [-0.39, 0.29) is 45.4 Å². The number of methoxy groups -OCH3 is 1. The van der Waals surface area contributed by atoms with Gasteiger partial charge in [-0.1, -0.05) is 104 Å². The molecule has 242 valence electrons. The number of nitrogens with one attached hydrogen (secondary N) is 1. The van der Waals surface area contributed by atoms with Crippen LogP contribution in [-0.4, -0.2) is 51.4 Å². The lowest BCUT2D eigenvalue weighted by molar-refractivity contribution is -0.140. The molecule has 0 aromatic heterocycles. The number of carbonyl (C=O) groups excluding carboxylic acids is 2. The Hall–Kier alpha value is -4.05. The van der Waals surface area contributed by atoms with Gasteiger partial charge in [-0.15, -0.1) is 0 Å². The Morgan fingerprint density at radius 1 is 0.848 bits per heavy atom. The number of benzene rings is 4. The quantitative estimate of drug-likeness (QED) is 0.162. The summed E-state index contributed by atoms with van der Waals surface area (Å²) in [7, 11) is -2.77. The molecule has 0 spiro atoms. The number of hydrogen-bond acceptors (Lipinski definition) is 5. The van der Waals surface area contributed by atoms with E-state index in [1.165, 1.54) is 29.2 Å². The zero-order valence-corrected chi connectivity index (χ0v) is 28.2. The van der Waals surface area contributed by atoms with Crippen molar-refractivity contribution in [2.24, 2.45) is 5.92 Å². The summed E-state index contributed by atoms with van der Waals surface area (Å²) in [5, 5.41) is 3.08. The third-order valence-electron chi connectivity index (χ3n) is 7.25. The molecular weight excluding hydrogens is 645 g/mol. The summed E-state index contributed by atoms with van der Waals surface area (Å²) in [4.78, 5) is 29.8. The molecule has 4 aromatic rings. The molecular formula is C35H37Cl2N3O5S. The van der Waals surface area contributed by atoms with Crippen LogP contribution in [0.3, 0.4) is 0 Å². The van der Waals surface area contributed by atoms with E-state index >= 15 is 0 Å². The van der Waals surface area contributed by atoms with Crippen molar-refractivity contribution in [3.63, 3.8) is 0 Å². The first kappa shape index (κ1) is 34.8. The Labute approximate surface area is 280 Å². The van der Waals surface area contributed by atoms with Crippen molar-refractivity contribution in [1.82, 2.24) is 10.2 Å². The Balaban J connectivity index is 1.83. The maximum Gasteiger partial charge on any atom is 0.264 e. The number of halogens is 2. The van der Waals surface area contributed by atoms with Crippen LogP contribution in [0, 0.1) is 5.92 Å². The summed E-state index contributed by atoms with van der Waals surface area (Å²) in [6, 6.07) is 27.9. The largest absolute Gasteiger partial charge is 0.497 e. The highest BCUT2D eigenvalue weighted by Gasteiger charge is 2.35. The fourth-order valence-corrected chi connectivity index (χ4v) is 6.76. The van der Waals surface area contributed by atoms with Gasteiger partial charge in [0.05, 0.1) is 27.7 Å². The fraction of sp³-hybridized carbons (Fsp3) is 0.257. The molecule has 0 saturated heterocycles. The SMILES string of the molecule is COc1cccc(CN(C(=O)CN(c2cccc(Cl)c2Cl)S(=O)(=O)c2ccccc2)C(Cc2ccccc2)C(=O)NCC(C)C)c1. The van der Waals surface area contributed by atoms with E-state index < -0.39 is 28.5 Å². The molecule has 0 aliphatic heterocycles. The first-order valence-electron chi connectivity index (χ1n) is 14.8. The third-order valence-corrected chi connectivity index (χ3v) is 9.84.